The second-order valence-corrected chi connectivity index (χ2v) is 6.84. The number of rotatable bonds is 5. The topological polar surface area (TPSA) is 29.5 Å². The molecule has 1 aromatic rings. The number of benzene rings is 1. The van der Waals surface area contributed by atoms with Crippen LogP contribution in [0.5, 0.6) is 0 Å². The molecule has 2 aliphatic rings. The molecule has 0 bridgehead atoms. The molecule has 128 valence electrons. The molecule has 0 atom stereocenters. The van der Waals surface area contributed by atoms with Crippen LogP contribution in [0.15, 0.2) is 24.3 Å². The fraction of sp³-hybridized carbons (Fsp3) is 0.632. The first kappa shape index (κ1) is 18.3. The maximum Gasteiger partial charge on any atom is 0.316 e. The van der Waals surface area contributed by atoms with Gasteiger partial charge in [-0.3, -0.25) is 9.69 Å². The molecule has 0 radical (unpaired) electrons. The van der Waals surface area contributed by atoms with Gasteiger partial charge in [-0.2, -0.15) is 0 Å². The third-order valence-electron chi connectivity index (χ3n) is 5.29. The molecule has 1 heterocycles. The molecule has 4 heteroatoms. The van der Waals surface area contributed by atoms with Crippen molar-refractivity contribution in [2.24, 2.45) is 0 Å². The lowest BCUT2D eigenvalue weighted by molar-refractivity contribution is -0.151. The summed E-state index contributed by atoms with van der Waals surface area (Å²) in [6, 6.07) is 8.44. The van der Waals surface area contributed by atoms with Crippen molar-refractivity contribution < 1.29 is 9.53 Å². The number of aryl methyl sites for hydroxylation is 1. The largest absolute Gasteiger partial charge is 0.464 e. The summed E-state index contributed by atoms with van der Waals surface area (Å²) in [6.45, 7) is 5.81. The Balaban J connectivity index is 0.00000192. The number of hydrogen-bond donors (Lipinski definition) is 0. The van der Waals surface area contributed by atoms with Crippen LogP contribution in [-0.2, 0) is 14.9 Å². The molecular weight excluding hydrogens is 310 g/mol. The molecule has 1 aliphatic heterocycles. The predicted molar refractivity (Wildman–Crippen MR) is 95.2 cm³/mol. The quantitative estimate of drug-likeness (QED) is 0.764. The molecule has 1 aliphatic carbocycles. The molecule has 1 saturated carbocycles. The second kappa shape index (κ2) is 8.16. The summed E-state index contributed by atoms with van der Waals surface area (Å²) < 4.78 is 5.70. The van der Waals surface area contributed by atoms with Crippen molar-refractivity contribution in [3.8, 4) is 0 Å². The van der Waals surface area contributed by atoms with E-state index in [2.05, 4.69) is 36.1 Å². The van der Waals surface area contributed by atoms with E-state index in [1.807, 2.05) is 0 Å². The number of nitrogens with zero attached hydrogens (tertiary/aromatic N) is 1. The second-order valence-electron chi connectivity index (χ2n) is 6.84. The Morgan fingerprint density at radius 2 is 1.70 bits per heavy atom. The van der Waals surface area contributed by atoms with Crippen molar-refractivity contribution in [2.75, 3.05) is 26.2 Å². The van der Waals surface area contributed by atoms with Gasteiger partial charge in [-0.15, -0.1) is 12.4 Å². The van der Waals surface area contributed by atoms with Crippen molar-refractivity contribution in [1.82, 2.24) is 4.90 Å². The normalized spacial score (nSPS) is 20.2. The summed E-state index contributed by atoms with van der Waals surface area (Å²) in [5, 5.41) is 0. The molecule has 23 heavy (non-hydrogen) atoms. The predicted octanol–water partition coefficient (Wildman–Crippen LogP) is 3.87. The molecule has 0 spiro atoms. The van der Waals surface area contributed by atoms with Crippen LogP contribution in [0.25, 0.3) is 0 Å². The summed E-state index contributed by atoms with van der Waals surface area (Å²) in [5.74, 6) is -0.00644. The Morgan fingerprint density at radius 1 is 1.09 bits per heavy atom. The average molecular weight is 338 g/mol. The van der Waals surface area contributed by atoms with E-state index in [4.69, 9.17) is 4.74 Å². The fourth-order valence-corrected chi connectivity index (χ4v) is 3.87. The zero-order valence-electron chi connectivity index (χ0n) is 14.1. The molecule has 3 nitrogen and oxygen atoms in total. The average Bonchev–Trinajstić information content (AvgIpc) is 3.20. The van der Waals surface area contributed by atoms with E-state index in [0.29, 0.717) is 6.61 Å². The van der Waals surface area contributed by atoms with Crippen LogP contribution < -0.4 is 0 Å². The summed E-state index contributed by atoms with van der Waals surface area (Å²) in [4.78, 5) is 15.2. The van der Waals surface area contributed by atoms with Gasteiger partial charge < -0.3 is 4.74 Å². The smallest absolute Gasteiger partial charge is 0.316 e. The molecule has 0 unspecified atom stereocenters. The molecule has 3 rings (SSSR count). The van der Waals surface area contributed by atoms with Crippen molar-refractivity contribution in [2.45, 2.75) is 50.9 Å². The molecular formula is C19H28ClNO2. The van der Waals surface area contributed by atoms with Crippen molar-refractivity contribution in [1.29, 1.82) is 0 Å². The highest BCUT2D eigenvalue weighted by Crippen LogP contribution is 2.42. The van der Waals surface area contributed by atoms with E-state index in [0.717, 1.165) is 50.9 Å². The van der Waals surface area contributed by atoms with E-state index in [-0.39, 0.29) is 18.4 Å². The Bertz CT molecular complexity index is 503. The van der Waals surface area contributed by atoms with Gasteiger partial charge in [0.15, 0.2) is 0 Å². The maximum absolute atomic E-state index is 12.8. The van der Waals surface area contributed by atoms with Gasteiger partial charge in [0.2, 0.25) is 0 Å². The van der Waals surface area contributed by atoms with Crippen LogP contribution in [0, 0.1) is 6.92 Å². The van der Waals surface area contributed by atoms with Crippen LogP contribution >= 0.6 is 12.4 Å². The fourth-order valence-electron chi connectivity index (χ4n) is 3.87. The van der Waals surface area contributed by atoms with Crippen molar-refractivity contribution in [3.63, 3.8) is 0 Å². The van der Waals surface area contributed by atoms with E-state index >= 15 is 0 Å². The molecule has 0 amide bonds. The van der Waals surface area contributed by atoms with Gasteiger partial charge in [0.25, 0.3) is 0 Å². The van der Waals surface area contributed by atoms with Gasteiger partial charge >= 0.3 is 5.97 Å². The number of likely N-dealkylation sites (tertiary alicyclic amines) is 1. The van der Waals surface area contributed by atoms with Crippen molar-refractivity contribution >= 4 is 18.4 Å². The summed E-state index contributed by atoms with van der Waals surface area (Å²) in [5.41, 5.74) is 1.99. The molecule has 0 N–H and O–H groups in total. The zero-order valence-corrected chi connectivity index (χ0v) is 14.9. The lowest BCUT2D eigenvalue weighted by Gasteiger charge is -2.28. The Labute approximate surface area is 145 Å². The first-order valence-electron chi connectivity index (χ1n) is 8.67. The van der Waals surface area contributed by atoms with E-state index in [9.17, 15) is 4.79 Å². The number of ether oxygens (including phenoxy) is 1. The molecule has 2 fully saturated rings. The van der Waals surface area contributed by atoms with E-state index in [1.165, 1.54) is 18.4 Å². The van der Waals surface area contributed by atoms with Crippen LogP contribution in [0.2, 0.25) is 0 Å². The van der Waals surface area contributed by atoms with Crippen LogP contribution in [-0.4, -0.2) is 37.1 Å². The lowest BCUT2D eigenvalue weighted by atomic mass is 9.78. The minimum Gasteiger partial charge on any atom is -0.464 e. The Kier molecular flexibility index (Phi) is 6.49. The minimum absolute atomic E-state index is 0. The summed E-state index contributed by atoms with van der Waals surface area (Å²) in [6.07, 6.45) is 6.66. The van der Waals surface area contributed by atoms with Gasteiger partial charge in [0.05, 0.1) is 5.41 Å². The number of hydrogen-bond acceptors (Lipinski definition) is 3. The number of esters is 1. The Morgan fingerprint density at radius 3 is 2.30 bits per heavy atom. The summed E-state index contributed by atoms with van der Waals surface area (Å²) in [7, 11) is 0. The van der Waals surface area contributed by atoms with Crippen molar-refractivity contribution in [3.05, 3.63) is 35.4 Å². The lowest BCUT2D eigenvalue weighted by Crippen LogP contribution is -2.36. The van der Waals surface area contributed by atoms with Gasteiger partial charge in [0, 0.05) is 6.54 Å². The number of carbonyl (C=O) groups excluding carboxylic acids is 1. The minimum atomic E-state index is -0.390. The number of carbonyl (C=O) groups is 1. The monoisotopic (exact) mass is 337 g/mol. The van der Waals surface area contributed by atoms with Gasteiger partial charge in [-0.05, 0) is 51.3 Å². The molecule has 1 saturated heterocycles. The van der Waals surface area contributed by atoms with Gasteiger partial charge in [0.1, 0.15) is 6.61 Å². The standard InChI is InChI=1S/C19H27NO2.ClH/c1-16-6-8-17(9-7-16)19(10-2-3-11-19)18(21)22-15-14-20-12-4-5-13-20;/h6-9H,2-5,10-15H2,1H3;1H. The van der Waals surface area contributed by atoms with Crippen LogP contribution in [0.1, 0.15) is 49.7 Å². The van der Waals surface area contributed by atoms with Crippen LogP contribution in [0.3, 0.4) is 0 Å². The maximum atomic E-state index is 12.8. The summed E-state index contributed by atoms with van der Waals surface area (Å²) >= 11 is 0. The SMILES string of the molecule is Cc1ccc(C2(C(=O)OCCN3CCCC3)CCCC2)cc1.Cl. The van der Waals surface area contributed by atoms with Gasteiger partial charge in [-0.25, -0.2) is 0 Å². The van der Waals surface area contributed by atoms with E-state index in [1.54, 1.807) is 0 Å². The Hall–Kier alpha value is -1.06. The molecule has 0 aromatic heterocycles. The highest BCUT2D eigenvalue weighted by molar-refractivity contribution is 5.85. The highest BCUT2D eigenvalue weighted by Gasteiger charge is 2.44. The number of halogens is 1. The zero-order chi connectivity index (χ0) is 15.4. The third-order valence-corrected chi connectivity index (χ3v) is 5.29. The first-order valence-corrected chi connectivity index (χ1v) is 8.67. The highest BCUT2D eigenvalue weighted by atomic mass is 35.5. The molecule has 1 aromatic carbocycles. The third kappa shape index (κ3) is 4.07. The van der Waals surface area contributed by atoms with Crippen LogP contribution in [0.4, 0.5) is 0 Å². The first-order chi connectivity index (χ1) is 10.7. The van der Waals surface area contributed by atoms with Gasteiger partial charge in [-0.1, -0.05) is 42.7 Å². The van der Waals surface area contributed by atoms with E-state index < -0.39 is 5.41 Å².